The fourth-order valence-corrected chi connectivity index (χ4v) is 4.71. The highest BCUT2D eigenvalue weighted by atomic mass is 31.1. The third kappa shape index (κ3) is 7.37. The molecule has 0 bridgehead atoms. The van der Waals surface area contributed by atoms with Crippen LogP contribution in [0.2, 0.25) is 0 Å². The van der Waals surface area contributed by atoms with Gasteiger partial charge in [-0.1, -0.05) is 53.8 Å². The zero-order chi connectivity index (χ0) is 22.8. The second-order valence-corrected chi connectivity index (χ2v) is 9.40. The highest BCUT2D eigenvalue weighted by Gasteiger charge is 2.10. The maximum absolute atomic E-state index is 13.3. The SMILES string of the molecule is CCCCCOc1ccc(P=C([O-])c2c(C)cc(C)c(C)c2C)c(OCCCCC)c1. The van der Waals surface area contributed by atoms with Gasteiger partial charge in [0.25, 0.3) is 0 Å². The van der Waals surface area contributed by atoms with Crippen LogP contribution in [0.4, 0.5) is 0 Å². The minimum Gasteiger partial charge on any atom is -0.823 e. The van der Waals surface area contributed by atoms with Crippen LogP contribution < -0.4 is 19.9 Å². The number of benzene rings is 2. The number of hydrogen-bond donors (Lipinski definition) is 0. The Balaban J connectivity index is 2.33. The molecule has 2 aromatic carbocycles. The molecule has 0 fully saturated rings. The summed E-state index contributed by atoms with van der Waals surface area (Å²) in [7, 11) is 0.642. The van der Waals surface area contributed by atoms with Crippen LogP contribution in [0.15, 0.2) is 24.3 Å². The summed E-state index contributed by atoms with van der Waals surface area (Å²) in [6, 6.07) is 8.00. The number of rotatable bonds is 12. The largest absolute Gasteiger partial charge is 0.823 e. The fraction of sp³-hybridized carbons (Fsp3) is 0.519. The topological polar surface area (TPSA) is 41.5 Å². The predicted octanol–water partition coefficient (Wildman–Crippen LogP) is 6.17. The van der Waals surface area contributed by atoms with Crippen LogP contribution in [0.3, 0.4) is 0 Å². The lowest BCUT2D eigenvalue weighted by Crippen LogP contribution is -2.21. The first-order chi connectivity index (χ1) is 14.9. The van der Waals surface area contributed by atoms with Gasteiger partial charge in [0.15, 0.2) is 0 Å². The summed E-state index contributed by atoms with van der Waals surface area (Å²) >= 11 is 0. The fourth-order valence-electron chi connectivity index (χ4n) is 3.65. The Hall–Kier alpha value is -1.83. The third-order valence-electron chi connectivity index (χ3n) is 5.75. The minimum absolute atomic E-state index is 0.119. The predicted molar refractivity (Wildman–Crippen MR) is 133 cm³/mol. The first-order valence-corrected chi connectivity index (χ1v) is 12.5. The molecular formula is C27H38O3P-. The van der Waals surface area contributed by atoms with E-state index in [0.29, 0.717) is 21.4 Å². The molecule has 31 heavy (non-hydrogen) atoms. The van der Waals surface area contributed by atoms with E-state index in [-0.39, 0.29) is 5.48 Å². The average Bonchev–Trinajstić information content (AvgIpc) is 2.74. The van der Waals surface area contributed by atoms with Gasteiger partial charge >= 0.3 is 0 Å². The summed E-state index contributed by atoms with van der Waals surface area (Å²) < 4.78 is 12.0. The lowest BCUT2D eigenvalue weighted by molar-refractivity contribution is -0.207. The van der Waals surface area contributed by atoms with Gasteiger partial charge in [0, 0.05) is 11.4 Å². The van der Waals surface area contributed by atoms with Crippen LogP contribution in [-0.2, 0) is 0 Å². The average molecular weight is 442 g/mol. The summed E-state index contributed by atoms with van der Waals surface area (Å²) in [5.74, 6) is 1.57. The summed E-state index contributed by atoms with van der Waals surface area (Å²) in [4.78, 5) is 0. The molecule has 0 heterocycles. The van der Waals surface area contributed by atoms with E-state index in [1.165, 1.54) is 24.0 Å². The van der Waals surface area contributed by atoms with E-state index in [0.717, 1.165) is 59.2 Å². The molecule has 0 saturated carbocycles. The molecule has 0 spiro atoms. The van der Waals surface area contributed by atoms with Crippen molar-refractivity contribution in [3.63, 3.8) is 0 Å². The second kappa shape index (κ2) is 12.9. The van der Waals surface area contributed by atoms with E-state index in [1.807, 2.05) is 32.0 Å². The molecule has 0 aliphatic rings. The molecule has 0 aliphatic heterocycles. The normalized spacial score (nSPS) is 11.6. The Morgan fingerprint density at radius 3 is 2.10 bits per heavy atom. The van der Waals surface area contributed by atoms with E-state index in [4.69, 9.17) is 9.47 Å². The van der Waals surface area contributed by atoms with Gasteiger partial charge in [0.2, 0.25) is 0 Å². The Bertz CT molecular complexity index is 887. The van der Waals surface area contributed by atoms with Crippen molar-refractivity contribution in [3.8, 4) is 11.5 Å². The molecule has 0 radical (unpaired) electrons. The first kappa shape index (κ1) is 25.4. The molecule has 0 amide bonds. The lowest BCUT2D eigenvalue weighted by Gasteiger charge is -2.21. The summed E-state index contributed by atoms with van der Waals surface area (Å²) in [5.41, 5.74) is 5.49. The Morgan fingerprint density at radius 2 is 1.45 bits per heavy atom. The van der Waals surface area contributed by atoms with Crippen LogP contribution in [-0.4, -0.2) is 18.7 Å². The Morgan fingerprint density at radius 1 is 0.806 bits per heavy atom. The van der Waals surface area contributed by atoms with Gasteiger partial charge < -0.3 is 14.6 Å². The van der Waals surface area contributed by atoms with Crippen molar-refractivity contribution in [2.45, 2.75) is 80.1 Å². The maximum Gasteiger partial charge on any atom is 0.134 e. The van der Waals surface area contributed by atoms with Gasteiger partial charge in [0.05, 0.1) is 13.2 Å². The molecule has 0 aromatic heterocycles. The van der Waals surface area contributed by atoms with Crippen LogP contribution in [0.1, 0.15) is 80.2 Å². The number of aryl methyl sites for hydroxylation is 2. The Kier molecular flexibility index (Phi) is 10.6. The van der Waals surface area contributed by atoms with Gasteiger partial charge in [-0.3, -0.25) is 0 Å². The number of unbranched alkanes of at least 4 members (excludes halogenated alkanes) is 4. The zero-order valence-electron chi connectivity index (χ0n) is 20.1. The van der Waals surface area contributed by atoms with Gasteiger partial charge in [-0.05, 0) is 80.5 Å². The van der Waals surface area contributed by atoms with Gasteiger partial charge in [0.1, 0.15) is 11.5 Å². The molecule has 0 aliphatic carbocycles. The lowest BCUT2D eigenvalue weighted by atomic mass is 9.95. The quantitative estimate of drug-likeness (QED) is 0.292. The van der Waals surface area contributed by atoms with Crippen molar-refractivity contribution >= 4 is 19.0 Å². The number of hydrogen-bond acceptors (Lipinski definition) is 3. The van der Waals surface area contributed by atoms with Crippen LogP contribution in [0, 0.1) is 27.7 Å². The summed E-state index contributed by atoms with van der Waals surface area (Å²) in [5, 5.41) is 14.2. The molecular weight excluding hydrogens is 403 g/mol. The van der Waals surface area contributed by atoms with E-state index < -0.39 is 0 Å². The molecule has 0 unspecified atom stereocenters. The van der Waals surface area contributed by atoms with Crippen molar-refractivity contribution in [1.29, 1.82) is 0 Å². The zero-order valence-corrected chi connectivity index (χ0v) is 21.0. The van der Waals surface area contributed by atoms with Crippen molar-refractivity contribution < 1.29 is 14.6 Å². The molecule has 0 atom stereocenters. The minimum atomic E-state index is 0.119. The van der Waals surface area contributed by atoms with Crippen molar-refractivity contribution in [1.82, 2.24) is 0 Å². The standard InChI is InChI=1S/C27H39O3P/c1-7-9-11-15-29-23-13-14-25(24(18-23)30-16-12-10-8-2)31-27(28)26-20(4)17-19(3)21(5)22(26)6/h13-14,17-18,28H,7-12,15-16H2,1-6H3/p-1. The summed E-state index contributed by atoms with van der Waals surface area (Å²) in [6.07, 6.45) is 6.69. The molecule has 0 saturated heterocycles. The van der Waals surface area contributed by atoms with Crippen molar-refractivity contribution in [2.75, 3.05) is 13.2 Å². The molecule has 0 N–H and O–H groups in total. The monoisotopic (exact) mass is 441 g/mol. The first-order valence-electron chi connectivity index (χ1n) is 11.6. The van der Waals surface area contributed by atoms with Crippen LogP contribution >= 0.6 is 8.20 Å². The van der Waals surface area contributed by atoms with Gasteiger partial charge in [-0.2, -0.15) is 0 Å². The van der Waals surface area contributed by atoms with Gasteiger partial charge in [-0.15, -0.1) is 5.48 Å². The number of ether oxygens (including phenoxy) is 2. The summed E-state index contributed by atoms with van der Waals surface area (Å²) in [6.45, 7) is 14.0. The van der Waals surface area contributed by atoms with E-state index >= 15 is 0 Å². The molecule has 2 aromatic rings. The highest BCUT2D eigenvalue weighted by molar-refractivity contribution is 7.49. The van der Waals surface area contributed by atoms with Crippen molar-refractivity contribution in [2.24, 2.45) is 0 Å². The van der Waals surface area contributed by atoms with E-state index in [9.17, 15) is 5.11 Å². The second-order valence-electron chi connectivity index (χ2n) is 8.29. The van der Waals surface area contributed by atoms with E-state index in [2.05, 4.69) is 33.8 Å². The molecule has 2 rings (SSSR count). The van der Waals surface area contributed by atoms with Crippen LogP contribution in [0.25, 0.3) is 0 Å². The van der Waals surface area contributed by atoms with Crippen LogP contribution in [0.5, 0.6) is 11.5 Å². The maximum atomic E-state index is 13.3. The van der Waals surface area contributed by atoms with Crippen molar-refractivity contribution in [3.05, 3.63) is 52.1 Å². The van der Waals surface area contributed by atoms with Gasteiger partial charge in [-0.25, -0.2) is 0 Å². The molecule has 4 heteroatoms. The van der Waals surface area contributed by atoms with E-state index in [1.54, 1.807) is 0 Å². The smallest absolute Gasteiger partial charge is 0.134 e. The molecule has 170 valence electrons. The molecule has 3 nitrogen and oxygen atoms in total. The highest BCUT2D eigenvalue weighted by Crippen LogP contribution is 2.26. The third-order valence-corrected chi connectivity index (χ3v) is 6.78. The Labute approximate surface area is 190 Å².